The molecule has 0 amide bonds. The van der Waals surface area contributed by atoms with Gasteiger partial charge in [0.1, 0.15) is 10.8 Å². The Labute approximate surface area is 101 Å². The molecule has 3 rings (SSSR count). The van der Waals surface area contributed by atoms with Gasteiger partial charge in [-0.2, -0.15) is 5.10 Å². The van der Waals surface area contributed by atoms with Crippen LogP contribution in [-0.2, 0) is 0 Å². The molecule has 84 valence electrons. The molecule has 3 N–H and O–H groups in total. The Balaban J connectivity index is 2.02. The van der Waals surface area contributed by atoms with Crippen molar-refractivity contribution in [2.45, 2.75) is 0 Å². The number of anilines is 1. The first-order chi connectivity index (χ1) is 8.34. The zero-order chi connectivity index (χ0) is 11.7. The number of thiazole rings is 1. The lowest BCUT2D eigenvalue weighted by Crippen LogP contribution is -1.87. The van der Waals surface area contributed by atoms with Crippen LogP contribution in [0.3, 0.4) is 0 Å². The maximum Gasteiger partial charge on any atom is 0.129 e. The number of aromatic amines is 1. The van der Waals surface area contributed by atoms with Crippen LogP contribution in [0.2, 0.25) is 0 Å². The number of pyridine rings is 1. The van der Waals surface area contributed by atoms with E-state index >= 15 is 0 Å². The van der Waals surface area contributed by atoms with Crippen LogP contribution in [0.25, 0.3) is 21.8 Å². The Bertz CT molecular complexity index is 628. The van der Waals surface area contributed by atoms with Gasteiger partial charge in [0.05, 0.1) is 17.5 Å². The van der Waals surface area contributed by atoms with Crippen LogP contribution < -0.4 is 5.73 Å². The summed E-state index contributed by atoms with van der Waals surface area (Å²) in [5, 5.41) is 9.42. The molecule has 3 aromatic heterocycles. The average molecular weight is 243 g/mol. The third-order valence-corrected chi connectivity index (χ3v) is 3.24. The number of nitrogens with zero attached hydrogens (tertiary/aromatic N) is 3. The van der Waals surface area contributed by atoms with E-state index in [0.29, 0.717) is 5.82 Å². The van der Waals surface area contributed by atoms with Crippen LogP contribution >= 0.6 is 11.3 Å². The van der Waals surface area contributed by atoms with Gasteiger partial charge in [0.2, 0.25) is 0 Å². The number of hydrogen-bond donors (Lipinski definition) is 2. The van der Waals surface area contributed by atoms with Gasteiger partial charge in [0, 0.05) is 23.3 Å². The zero-order valence-corrected chi connectivity index (χ0v) is 9.61. The summed E-state index contributed by atoms with van der Waals surface area (Å²) in [6.07, 6.45) is 5.21. The summed E-state index contributed by atoms with van der Waals surface area (Å²) < 4.78 is 0. The van der Waals surface area contributed by atoms with E-state index in [0.717, 1.165) is 21.8 Å². The Morgan fingerprint density at radius 2 is 2.24 bits per heavy atom. The number of aromatic nitrogens is 4. The van der Waals surface area contributed by atoms with Crippen LogP contribution in [0, 0.1) is 0 Å². The number of nitrogen functional groups attached to an aromatic ring is 1. The fraction of sp³-hybridized carbons (Fsp3) is 0. The summed E-state index contributed by atoms with van der Waals surface area (Å²) >= 11 is 1.54. The second kappa shape index (κ2) is 3.99. The smallest absolute Gasteiger partial charge is 0.129 e. The highest BCUT2D eigenvalue weighted by molar-refractivity contribution is 7.13. The van der Waals surface area contributed by atoms with Crippen LogP contribution in [0.5, 0.6) is 0 Å². The minimum Gasteiger partial charge on any atom is -0.383 e. The first kappa shape index (κ1) is 9.98. The largest absolute Gasteiger partial charge is 0.383 e. The molecule has 0 fully saturated rings. The average Bonchev–Trinajstić information content (AvgIpc) is 2.98. The van der Waals surface area contributed by atoms with E-state index < -0.39 is 0 Å². The first-order valence-corrected chi connectivity index (χ1v) is 5.87. The van der Waals surface area contributed by atoms with Crippen molar-refractivity contribution in [2.24, 2.45) is 0 Å². The minimum absolute atomic E-state index is 0.539. The van der Waals surface area contributed by atoms with E-state index in [-0.39, 0.29) is 0 Å². The minimum atomic E-state index is 0.539. The molecule has 0 atom stereocenters. The number of nitrogens with two attached hydrogens (primary N) is 1. The number of H-pyrrole nitrogens is 1. The van der Waals surface area contributed by atoms with Gasteiger partial charge in [-0.15, -0.1) is 11.3 Å². The molecule has 0 radical (unpaired) electrons. The summed E-state index contributed by atoms with van der Waals surface area (Å²) in [5.41, 5.74) is 8.49. The molecule has 6 heteroatoms. The lowest BCUT2D eigenvalue weighted by atomic mass is 10.2. The van der Waals surface area contributed by atoms with Gasteiger partial charge in [-0.25, -0.2) is 4.98 Å². The van der Waals surface area contributed by atoms with Gasteiger partial charge < -0.3 is 5.73 Å². The maximum absolute atomic E-state index is 5.76. The summed E-state index contributed by atoms with van der Waals surface area (Å²) in [5.74, 6) is 0.539. The molecular formula is C11H9N5S. The number of hydrogen-bond acceptors (Lipinski definition) is 5. The van der Waals surface area contributed by atoms with E-state index in [1.165, 1.54) is 11.3 Å². The molecule has 3 heterocycles. The molecule has 0 aliphatic rings. The van der Waals surface area contributed by atoms with Crippen molar-refractivity contribution in [3.05, 3.63) is 36.1 Å². The van der Waals surface area contributed by atoms with Crippen molar-refractivity contribution < 1.29 is 0 Å². The molecule has 17 heavy (non-hydrogen) atoms. The van der Waals surface area contributed by atoms with Gasteiger partial charge in [0.15, 0.2) is 0 Å². The molecule has 0 spiro atoms. The Hall–Kier alpha value is -2.21. The van der Waals surface area contributed by atoms with Gasteiger partial charge in [-0.1, -0.05) is 0 Å². The molecule has 0 saturated carbocycles. The van der Waals surface area contributed by atoms with Gasteiger partial charge in [0.25, 0.3) is 0 Å². The van der Waals surface area contributed by atoms with Crippen molar-refractivity contribution in [3.63, 3.8) is 0 Å². The van der Waals surface area contributed by atoms with Crippen molar-refractivity contribution in [1.29, 1.82) is 0 Å². The molecule has 0 bridgehead atoms. The molecule has 0 unspecified atom stereocenters. The molecule has 0 saturated heterocycles. The van der Waals surface area contributed by atoms with Crippen molar-refractivity contribution in [1.82, 2.24) is 20.2 Å². The van der Waals surface area contributed by atoms with Crippen LogP contribution in [0.1, 0.15) is 0 Å². The van der Waals surface area contributed by atoms with E-state index in [1.54, 1.807) is 18.6 Å². The van der Waals surface area contributed by atoms with Crippen LogP contribution in [0.4, 0.5) is 5.82 Å². The predicted molar refractivity (Wildman–Crippen MR) is 67.3 cm³/mol. The molecule has 0 aliphatic carbocycles. The second-order valence-electron chi connectivity index (χ2n) is 3.48. The monoisotopic (exact) mass is 243 g/mol. The molecular weight excluding hydrogens is 234 g/mol. The van der Waals surface area contributed by atoms with E-state index in [9.17, 15) is 0 Å². The first-order valence-electron chi connectivity index (χ1n) is 5.00. The van der Waals surface area contributed by atoms with E-state index in [1.807, 2.05) is 17.5 Å². The zero-order valence-electron chi connectivity index (χ0n) is 8.79. The van der Waals surface area contributed by atoms with Crippen molar-refractivity contribution >= 4 is 17.2 Å². The van der Waals surface area contributed by atoms with Crippen molar-refractivity contribution in [2.75, 3.05) is 5.73 Å². The third-order valence-electron chi connectivity index (χ3n) is 2.36. The van der Waals surface area contributed by atoms with Gasteiger partial charge in [-0.3, -0.25) is 10.1 Å². The fourth-order valence-electron chi connectivity index (χ4n) is 1.51. The quantitative estimate of drug-likeness (QED) is 0.722. The standard InChI is InChI=1S/C11H9N5S/c12-10-8(5-14-16-10)11-15-9(6-17-11)7-2-1-3-13-4-7/h1-6H,(H3,12,14,16). The fourth-order valence-corrected chi connectivity index (χ4v) is 2.36. The van der Waals surface area contributed by atoms with Gasteiger partial charge >= 0.3 is 0 Å². The summed E-state index contributed by atoms with van der Waals surface area (Å²) in [7, 11) is 0. The number of nitrogens with one attached hydrogen (secondary N) is 1. The SMILES string of the molecule is Nc1[nH]ncc1-c1nc(-c2cccnc2)cs1. The Morgan fingerprint density at radius 3 is 2.94 bits per heavy atom. The topological polar surface area (TPSA) is 80.5 Å². The summed E-state index contributed by atoms with van der Waals surface area (Å²) in [6, 6.07) is 3.87. The Morgan fingerprint density at radius 1 is 1.29 bits per heavy atom. The predicted octanol–water partition coefficient (Wildman–Crippen LogP) is 2.18. The lowest BCUT2D eigenvalue weighted by Gasteiger charge is -1.94. The highest BCUT2D eigenvalue weighted by Gasteiger charge is 2.10. The Kier molecular flexibility index (Phi) is 2.34. The van der Waals surface area contributed by atoms with Crippen LogP contribution in [0.15, 0.2) is 36.1 Å². The molecule has 0 aliphatic heterocycles. The maximum atomic E-state index is 5.76. The lowest BCUT2D eigenvalue weighted by molar-refractivity contribution is 1.10. The molecule has 0 aromatic carbocycles. The molecule has 3 aromatic rings. The van der Waals surface area contributed by atoms with E-state index in [2.05, 4.69) is 20.2 Å². The van der Waals surface area contributed by atoms with Crippen molar-refractivity contribution in [3.8, 4) is 21.8 Å². The second-order valence-corrected chi connectivity index (χ2v) is 4.34. The molecule has 5 nitrogen and oxygen atoms in total. The summed E-state index contributed by atoms with van der Waals surface area (Å²) in [4.78, 5) is 8.59. The van der Waals surface area contributed by atoms with E-state index in [4.69, 9.17) is 5.73 Å². The normalized spacial score (nSPS) is 10.6. The summed E-state index contributed by atoms with van der Waals surface area (Å²) in [6.45, 7) is 0. The number of rotatable bonds is 2. The van der Waals surface area contributed by atoms with Crippen LogP contribution in [-0.4, -0.2) is 20.2 Å². The highest BCUT2D eigenvalue weighted by Crippen LogP contribution is 2.30. The van der Waals surface area contributed by atoms with Gasteiger partial charge in [-0.05, 0) is 12.1 Å². The highest BCUT2D eigenvalue weighted by atomic mass is 32.1. The third kappa shape index (κ3) is 1.78.